The number of amides is 2. The molecule has 0 unspecified atom stereocenters. The topological polar surface area (TPSA) is 67.4 Å². The van der Waals surface area contributed by atoms with Gasteiger partial charge in [-0.2, -0.15) is 0 Å². The summed E-state index contributed by atoms with van der Waals surface area (Å²) in [5.41, 5.74) is -0.732. The maximum atomic E-state index is 11.6. The molecule has 0 rings (SSSR count). The number of hydrogen-bond donors (Lipinski definition) is 2. The van der Waals surface area contributed by atoms with Crippen molar-refractivity contribution in [3.63, 3.8) is 0 Å². The summed E-state index contributed by atoms with van der Waals surface area (Å²) in [6.45, 7) is 10.4. The van der Waals surface area contributed by atoms with E-state index in [0.29, 0.717) is 19.6 Å². The summed E-state index contributed by atoms with van der Waals surface area (Å²) in [7, 11) is 1.64. The molecule has 0 bridgehead atoms. The first-order chi connectivity index (χ1) is 8.60. The number of rotatable bonds is 8. The molecule has 2 amide bonds. The van der Waals surface area contributed by atoms with Gasteiger partial charge in [0.25, 0.3) is 0 Å². The van der Waals surface area contributed by atoms with Gasteiger partial charge in [-0.05, 0) is 26.7 Å². The third-order valence-corrected chi connectivity index (χ3v) is 3.16. The van der Waals surface area contributed by atoms with Crippen LogP contribution < -0.4 is 10.6 Å². The lowest BCUT2D eigenvalue weighted by atomic mass is 9.88. The number of nitrogens with one attached hydrogen (secondary N) is 2. The Balaban J connectivity index is 4.04. The van der Waals surface area contributed by atoms with Gasteiger partial charge < -0.3 is 15.4 Å². The molecule has 0 aromatic carbocycles. The van der Waals surface area contributed by atoms with E-state index in [0.717, 1.165) is 6.42 Å². The van der Waals surface area contributed by atoms with Crippen LogP contribution in [-0.4, -0.2) is 37.6 Å². The van der Waals surface area contributed by atoms with Crippen LogP contribution in [0.4, 0.5) is 0 Å². The smallest absolute Gasteiger partial charge is 0.225 e. The number of carbonyl (C=O) groups excluding carboxylic acids is 2. The van der Waals surface area contributed by atoms with Crippen LogP contribution in [0.15, 0.2) is 0 Å². The minimum Gasteiger partial charge on any atom is -0.375 e. The number of carbonyl (C=O) groups is 2. The molecule has 0 saturated heterocycles. The summed E-state index contributed by atoms with van der Waals surface area (Å²) < 4.78 is 5.81. The fourth-order valence-electron chi connectivity index (χ4n) is 1.65. The van der Waals surface area contributed by atoms with E-state index in [-0.39, 0.29) is 17.4 Å². The van der Waals surface area contributed by atoms with Gasteiger partial charge in [-0.15, -0.1) is 0 Å². The van der Waals surface area contributed by atoms with Crippen LogP contribution in [0.2, 0.25) is 0 Å². The van der Waals surface area contributed by atoms with Crippen molar-refractivity contribution in [3.8, 4) is 0 Å². The second-order valence-electron chi connectivity index (χ2n) is 6.05. The van der Waals surface area contributed by atoms with Gasteiger partial charge in [0, 0.05) is 32.5 Å². The van der Waals surface area contributed by atoms with Gasteiger partial charge >= 0.3 is 0 Å². The molecule has 0 aliphatic heterocycles. The first kappa shape index (κ1) is 17.9. The standard InChI is InChI=1S/C14H28N2O3/c1-11(17)16-9-7-14(4,5)19-10-8-13(2,3)12(18)15-6/h7-10H2,1-6H3,(H,15,18)(H,16,17). The third-order valence-electron chi connectivity index (χ3n) is 3.16. The molecule has 0 aliphatic rings. The molecule has 0 saturated carbocycles. The summed E-state index contributed by atoms with van der Waals surface area (Å²) in [6, 6.07) is 0. The summed E-state index contributed by atoms with van der Waals surface area (Å²) in [5.74, 6) is -0.0105. The SMILES string of the molecule is CNC(=O)C(C)(C)CCOC(C)(C)CCNC(C)=O. The molecule has 0 atom stereocenters. The Morgan fingerprint density at radius 1 is 1.11 bits per heavy atom. The lowest BCUT2D eigenvalue weighted by Crippen LogP contribution is -2.37. The van der Waals surface area contributed by atoms with Crippen molar-refractivity contribution in [3.05, 3.63) is 0 Å². The van der Waals surface area contributed by atoms with Gasteiger partial charge in [0.2, 0.25) is 11.8 Å². The van der Waals surface area contributed by atoms with E-state index in [1.54, 1.807) is 7.05 Å². The van der Waals surface area contributed by atoms with Crippen molar-refractivity contribution in [2.75, 3.05) is 20.2 Å². The van der Waals surface area contributed by atoms with Gasteiger partial charge in [0.1, 0.15) is 0 Å². The maximum absolute atomic E-state index is 11.6. The van der Waals surface area contributed by atoms with E-state index in [1.807, 2.05) is 27.7 Å². The zero-order chi connectivity index (χ0) is 15.1. The highest BCUT2D eigenvalue weighted by atomic mass is 16.5. The fraction of sp³-hybridized carbons (Fsp3) is 0.857. The summed E-state index contributed by atoms with van der Waals surface area (Å²) in [6.07, 6.45) is 1.41. The highest BCUT2D eigenvalue weighted by molar-refractivity contribution is 5.81. The Kier molecular flexibility index (Phi) is 7.05. The van der Waals surface area contributed by atoms with E-state index < -0.39 is 5.41 Å². The molecular weight excluding hydrogens is 244 g/mol. The normalized spacial score (nSPS) is 12.1. The summed E-state index contributed by atoms with van der Waals surface area (Å²) in [5, 5.41) is 5.41. The molecule has 5 nitrogen and oxygen atoms in total. The second-order valence-corrected chi connectivity index (χ2v) is 6.05. The van der Waals surface area contributed by atoms with Crippen molar-refractivity contribution in [2.24, 2.45) is 5.41 Å². The third kappa shape index (κ3) is 7.82. The molecule has 0 aliphatic carbocycles. The van der Waals surface area contributed by atoms with E-state index >= 15 is 0 Å². The average molecular weight is 272 g/mol. The molecular formula is C14H28N2O3. The zero-order valence-corrected chi connectivity index (χ0v) is 13.1. The molecule has 19 heavy (non-hydrogen) atoms. The van der Waals surface area contributed by atoms with Gasteiger partial charge in [-0.3, -0.25) is 9.59 Å². The Hall–Kier alpha value is -1.10. The van der Waals surface area contributed by atoms with Crippen LogP contribution in [0.3, 0.4) is 0 Å². The van der Waals surface area contributed by atoms with Gasteiger partial charge in [0.15, 0.2) is 0 Å². The zero-order valence-electron chi connectivity index (χ0n) is 13.1. The van der Waals surface area contributed by atoms with Crippen LogP contribution in [-0.2, 0) is 14.3 Å². The Bertz CT molecular complexity index is 312. The number of hydrogen-bond acceptors (Lipinski definition) is 3. The van der Waals surface area contributed by atoms with Crippen molar-refractivity contribution in [2.45, 2.75) is 53.1 Å². The fourth-order valence-corrected chi connectivity index (χ4v) is 1.65. The highest BCUT2D eigenvalue weighted by Gasteiger charge is 2.27. The first-order valence-electron chi connectivity index (χ1n) is 6.71. The molecule has 5 heteroatoms. The van der Waals surface area contributed by atoms with Gasteiger partial charge in [0.05, 0.1) is 5.60 Å². The summed E-state index contributed by atoms with van der Waals surface area (Å²) >= 11 is 0. The van der Waals surface area contributed by atoms with E-state index in [2.05, 4.69) is 10.6 Å². The maximum Gasteiger partial charge on any atom is 0.225 e. The van der Waals surface area contributed by atoms with E-state index in [4.69, 9.17) is 4.74 Å². The summed E-state index contributed by atoms with van der Waals surface area (Å²) in [4.78, 5) is 22.4. The van der Waals surface area contributed by atoms with Crippen molar-refractivity contribution >= 4 is 11.8 Å². The predicted molar refractivity (Wildman–Crippen MR) is 75.8 cm³/mol. The monoisotopic (exact) mass is 272 g/mol. The lowest BCUT2D eigenvalue weighted by molar-refractivity contribution is -0.131. The quantitative estimate of drug-likeness (QED) is 0.703. The lowest BCUT2D eigenvalue weighted by Gasteiger charge is -2.28. The molecule has 112 valence electrons. The van der Waals surface area contributed by atoms with Crippen LogP contribution >= 0.6 is 0 Å². The number of ether oxygens (including phenoxy) is 1. The first-order valence-corrected chi connectivity index (χ1v) is 6.71. The predicted octanol–water partition coefficient (Wildman–Crippen LogP) is 1.47. The van der Waals surface area contributed by atoms with Crippen LogP contribution in [0.1, 0.15) is 47.5 Å². The van der Waals surface area contributed by atoms with Crippen LogP contribution in [0, 0.1) is 5.41 Å². The highest BCUT2D eigenvalue weighted by Crippen LogP contribution is 2.22. The molecule has 0 radical (unpaired) electrons. The van der Waals surface area contributed by atoms with Gasteiger partial charge in [-0.25, -0.2) is 0 Å². The van der Waals surface area contributed by atoms with Crippen molar-refractivity contribution in [1.82, 2.24) is 10.6 Å². The van der Waals surface area contributed by atoms with Crippen LogP contribution in [0.25, 0.3) is 0 Å². The van der Waals surface area contributed by atoms with E-state index in [9.17, 15) is 9.59 Å². The van der Waals surface area contributed by atoms with Crippen LogP contribution in [0.5, 0.6) is 0 Å². The largest absolute Gasteiger partial charge is 0.375 e. The second kappa shape index (κ2) is 7.48. The molecule has 0 spiro atoms. The minimum atomic E-state index is -0.428. The van der Waals surface area contributed by atoms with Crippen molar-refractivity contribution < 1.29 is 14.3 Å². The molecule has 0 heterocycles. The molecule has 0 fully saturated rings. The van der Waals surface area contributed by atoms with Gasteiger partial charge in [-0.1, -0.05) is 13.8 Å². The average Bonchev–Trinajstić information content (AvgIpc) is 2.26. The molecule has 0 aromatic heterocycles. The van der Waals surface area contributed by atoms with Crippen molar-refractivity contribution in [1.29, 1.82) is 0 Å². The molecule has 2 N–H and O–H groups in total. The van der Waals surface area contributed by atoms with E-state index in [1.165, 1.54) is 6.92 Å². The Morgan fingerprint density at radius 2 is 1.68 bits per heavy atom. The Labute approximate surface area is 116 Å². The Morgan fingerprint density at radius 3 is 2.16 bits per heavy atom. The molecule has 0 aromatic rings. The minimum absolute atomic E-state index is 0.0205.